The highest BCUT2D eigenvalue weighted by Gasteiger charge is 1.90. The summed E-state index contributed by atoms with van der Waals surface area (Å²) in [5, 5.41) is 0. The second-order valence-corrected chi connectivity index (χ2v) is 2.92. The molecule has 1 rings (SSSR count). The van der Waals surface area contributed by atoms with E-state index in [9.17, 15) is 0 Å². The zero-order valence-electron chi connectivity index (χ0n) is 11.4. The van der Waals surface area contributed by atoms with Gasteiger partial charge in [-0.1, -0.05) is 72.2 Å². The molecule has 0 aliphatic heterocycles. The molecular weight excluding hydrogens is 180 g/mol. The molecule has 0 saturated heterocycles. The van der Waals surface area contributed by atoms with Crippen LogP contribution in [0.4, 0.5) is 0 Å². The predicted molar refractivity (Wildman–Crippen MR) is 72.5 cm³/mol. The van der Waals surface area contributed by atoms with Gasteiger partial charge in [0.05, 0.1) is 0 Å². The fraction of sp³-hybridized carbons (Fsp3) is 0.600. The Hall–Kier alpha value is -0.780. The molecule has 1 aromatic rings. The molecule has 15 heavy (non-hydrogen) atoms. The Balaban J connectivity index is 0. The minimum Gasteiger partial charge on any atom is -0.0683 e. The smallest absolute Gasteiger partial charge is 0.0281 e. The van der Waals surface area contributed by atoms with Crippen LogP contribution in [0.5, 0.6) is 0 Å². The van der Waals surface area contributed by atoms with Crippen molar-refractivity contribution in [2.24, 2.45) is 0 Å². The summed E-state index contributed by atoms with van der Waals surface area (Å²) in [7, 11) is 0. The molecule has 0 atom stereocenters. The van der Waals surface area contributed by atoms with Gasteiger partial charge in [0.15, 0.2) is 0 Å². The van der Waals surface area contributed by atoms with Crippen LogP contribution >= 0.6 is 0 Å². The van der Waals surface area contributed by atoms with Crippen LogP contribution in [0, 0.1) is 0 Å². The minimum absolute atomic E-state index is 1.15. The average molecular weight is 208 g/mol. The molecule has 0 saturated carbocycles. The Morgan fingerprint density at radius 3 is 1.47 bits per heavy atom. The van der Waals surface area contributed by atoms with Crippen LogP contribution in [0.25, 0.3) is 0 Å². The molecule has 0 nitrogen and oxygen atoms in total. The fourth-order valence-electron chi connectivity index (χ4n) is 1.23. The Morgan fingerprint density at radius 2 is 1.13 bits per heavy atom. The molecular formula is C15H28. The van der Waals surface area contributed by atoms with Crippen LogP contribution in [0.1, 0.15) is 59.1 Å². The summed E-state index contributed by atoms with van der Waals surface area (Å²) in [5.41, 5.74) is 2.90. The summed E-state index contributed by atoms with van der Waals surface area (Å²) in [6.45, 7) is 12.4. The van der Waals surface area contributed by atoms with Gasteiger partial charge in [-0.05, 0) is 24.0 Å². The van der Waals surface area contributed by atoms with Crippen molar-refractivity contribution in [3.05, 3.63) is 35.4 Å². The molecule has 0 fully saturated rings. The van der Waals surface area contributed by atoms with Gasteiger partial charge in [-0.15, -0.1) is 0 Å². The van der Waals surface area contributed by atoms with Crippen LogP contribution in [0.2, 0.25) is 0 Å². The van der Waals surface area contributed by atoms with E-state index in [1.807, 2.05) is 27.7 Å². The van der Waals surface area contributed by atoms with Gasteiger partial charge >= 0.3 is 0 Å². The number of rotatable bonds is 3. The van der Waals surface area contributed by atoms with E-state index in [1.165, 1.54) is 24.0 Å². The standard InChI is InChI=1S/C11H16.2C2H6/c1-3-5-11-8-6-10(4-2)7-9-11;2*1-2/h6-9H,3-5H2,1-2H3;2*1-2H3. The summed E-state index contributed by atoms with van der Waals surface area (Å²) in [6.07, 6.45) is 3.60. The molecule has 1 aromatic carbocycles. The van der Waals surface area contributed by atoms with Crippen molar-refractivity contribution in [1.82, 2.24) is 0 Å². The number of hydrogen-bond donors (Lipinski definition) is 0. The van der Waals surface area contributed by atoms with E-state index < -0.39 is 0 Å². The van der Waals surface area contributed by atoms with Crippen molar-refractivity contribution in [2.45, 2.75) is 60.8 Å². The molecule has 0 N–H and O–H groups in total. The third-order valence-corrected chi connectivity index (χ3v) is 1.97. The molecule has 0 heteroatoms. The first-order chi connectivity index (χ1) is 7.36. The van der Waals surface area contributed by atoms with E-state index >= 15 is 0 Å². The summed E-state index contributed by atoms with van der Waals surface area (Å²) >= 11 is 0. The summed E-state index contributed by atoms with van der Waals surface area (Å²) in [5.74, 6) is 0. The van der Waals surface area contributed by atoms with Crippen molar-refractivity contribution in [1.29, 1.82) is 0 Å². The van der Waals surface area contributed by atoms with Crippen molar-refractivity contribution in [3.8, 4) is 0 Å². The summed E-state index contributed by atoms with van der Waals surface area (Å²) in [4.78, 5) is 0. The monoisotopic (exact) mass is 208 g/mol. The highest BCUT2D eigenvalue weighted by atomic mass is 14.0. The van der Waals surface area contributed by atoms with Gasteiger partial charge < -0.3 is 0 Å². The second kappa shape index (κ2) is 13.2. The zero-order chi connectivity index (χ0) is 12.1. The average Bonchev–Trinajstić information content (AvgIpc) is 2.36. The van der Waals surface area contributed by atoms with Gasteiger partial charge in [0, 0.05) is 0 Å². The normalized spacial score (nSPS) is 8.13. The van der Waals surface area contributed by atoms with E-state index in [0.717, 1.165) is 6.42 Å². The number of aryl methyl sites for hydroxylation is 2. The van der Waals surface area contributed by atoms with E-state index in [1.54, 1.807) is 0 Å². The van der Waals surface area contributed by atoms with Gasteiger partial charge in [-0.3, -0.25) is 0 Å². The third kappa shape index (κ3) is 8.23. The first-order valence-electron chi connectivity index (χ1n) is 6.44. The van der Waals surface area contributed by atoms with Crippen molar-refractivity contribution in [3.63, 3.8) is 0 Å². The lowest BCUT2D eigenvalue weighted by molar-refractivity contribution is 0.920. The summed E-state index contributed by atoms with van der Waals surface area (Å²) in [6, 6.07) is 8.93. The first-order valence-corrected chi connectivity index (χ1v) is 6.44. The van der Waals surface area contributed by atoms with Gasteiger partial charge in [-0.25, -0.2) is 0 Å². The van der Waals surface area contributed by atoms with Gasteiger partial charge in [0.2, 0.25) is 0 Å². The van der Waals surface area contributed by atoms with Crippen molar-refractivity contribution >= 4 is 0 Å². The largest absolute Gasteiger partial charge is 0.0683 e. The highest BCUT2D eigenvalue weighted by molar-refractivity contribution is 5.22. The maximum Gasteiger partial charge on any atom is -0.0281 e. The second-order valence-electron chi connectivity index (χ2n) is 2.92. The lowest BCUT2D eigenvalue weighted by Gasteiger charge is -1.99. The van der Waals surface area contributed by atoms with E-state index in [2.05, 4.69) is 38.1 Å². The Kier molecular flexibility index (Phi) is 14.7. The Labute approximate surface area is 96.7 Å². The molecule has 0 heterocycles. The quantitative estimate of drug-likeness (QED) is 0.636. The number of benzene rings is 1. The minimum atomic E-state index is 1.15. The van der Waals surface area contributed by atoms with Gasteiger partial charge in [0.1, 0.15) is 0 Å². The van der Waals surface area contributed by atoms with E-state index in [0.29, 0.717) is 0 Å². The fourth-order valence-corrected chi connectivity index (χ4v) is 1.23. The Morgan fingerprint density at radius 1 is 0.733 bits per heavy atom. The lowest BCUT2D eigenvalue weighted by Crippen LogP contribution is -1.84. The van der Waals surface area contributed by atoms with Crippen molar-refractivity contribution < 1.29 is 0 Å². The molecule has 88 valence electrons. The van der Waals surface area contributed by atoms with Gasteiger partial charge in [0.25, 0.3) is 0 Å². The molecule has 0 unspecified atom stereocenters. The maximum atomic E-state index is 2.24. The highest BCUT2D eigenvalue weighted by Crippen LogP contribution is 2.06. The predicted octanol–water partition coefficient (Wildman–Crippen LogP) is 5.25. The zero-order valence-corrected chi connectivity index (χ0v) is 11.4. The summed E-state index contributed by atoms with van der Waals surface area (Å²) < 4.78 is 0. The third-order valence-electron chi connectivity index (χ3n) is 1.97. The Bertz CT molecular complexity index is 196. The molecule has 0 aliphatic rings. The molecule has 0 aliphatic carbocycles. The topological polar surface area (TPSA) is 0 Å². The van der Waals surface area contributed by atoms with Gasteiger partial charge in [-0.2, -0.15) is 0 Å². The molecule has 0 radical (unpaired) electrons. The SMILES string of the molecule is CC.CC.CCCc1ccc(CC)cc1. The molecule has 0 spiro atoms. The van der Waals surface area contributed by atoms with E-state index in [-0.39, 0.29) is 0 Å². The molecule has 0 bridgehead atoms. The maximum absolute atomic E-state index is 2.24. The van der Waals surface area contributed by atoms with Crippen LogP contribution in [0.15, 0.2) is 24.3 Å². The van der Waals surface area contributed by atoms with E-state index in [4.69, 9.17) is 0 Å². The van der Waals surface area contributed by atoms with Crippen LogP contribution < -0.4 is 0 Å². The van der Waals surface area contributed by atoms with Crippen molar-refractivity contribution in [2.75, 3.05) is 0 Å². The van der Waals surface area contributed by atoms with Crippen LogP contribution in [0.3, 0.4) is 0 Å². The van der Waals surface area contributed by atoms with Crippen LogP contribution in [-0.2, 0) is 12.8 Å². The molecule has 0 amide bonds. The first kappa shape index (κ1) is 16.6. The molecule has 0 aromatic heterocycles. The number of hydrogen-bond acceptors (Lipinski definition) is 0. The van der Waals surface area contributed by atoms with Crippen LogP contribution in [-0.4, -0.2) is 0 Å². The lowest BCUT2D eigenvalue weighted by atomic mass is 10.1.